The Morgan fingerprint density at radius 3 is 2.92 bits per heavy atom. The average molecular weight is 189 g/mol. The van der Waals surface area contributed by atoms with Gasteiger partial charge in [0.2, 0.25) is 5.13 Å². The largest absolute Gasteiger partial charge is 0.310 e. The topological polar surface area (TPSA) is 12.0 Å². The highest BCUT2D eigenvalue weighted by Gasteiger charge is 2.25. The van der Waals surface area contributed by atoms with Crippen LogP contribution in [0, 0.1) is 10.9 Å². The summed E-state index contributed by atoms with van der Waals surface area (Å²) in [7, 11) is 0. The summed E-state index contributed by atoms with van der Waals surface area (Å²) in [5.74, 6) is -0.658. The van der Waals surface area contributed by atoms with Crippen molar-refractivity contribution in [1.82, 2.24) is 5.32 Å². The van der Waals surface area contributed by atoms with Crippen LogP contribution in [0.2, 0.25) is 0 Å². The first-order valence-electron chi connectivity index (χ1n) is 3.90. The second-order valence-corrected chi connectivity index (χ2v) is 4.01. The van der Waals surface area contributed by atoms with Crippen LogP contribution in [0.15, 0.2) is 0 Å². The lowest BCUT2D eigenvalue weighted by molar-refractivity contribution is 0.478. The lowest BCUT2D eigenvalue weighted by atomic mass is 10.0. The predicted molar refractivity (Wildman–Crippen MR) is 44.4 cm³/mol. The molecule has 1 unspecified atom stereocenters. The van der Waals surface area contributed by atoms with Crippen LogP contribution in [0.25, 0.3) is 0 Å². The second-order valence-electron chi connectivity index (χ2n) is 2.95. The van der Waals surface area contributed by atoms with Gasteiger partial charge < -0.3 is 5.32 Å². The van der Waals surface area contributed by atoms with Crippen molar-refractivity contribution in [3.8, 4) is 0 Å². The van der Waals surface area contributed by atoms with E-state index in [1.165, 1.54) is 0 Å². The van der Waals surface area contributed by atoms with E-state index in [-0.39, 0.29) is 6.04 Å². The molecule has 1 aromatic rings. The highest BCUT2D eigenvalue weighted by atomic mass is 32.1. The normalized spacial score (nSPS) is 22.4. The summed E-state index contributed by atoms with van der Waals surface area (Å²) in [5, 5.41) is 2.42. The zero-order valence-electron chi connectivity index (χ0n) is 6.66. The molecule has 66 valence electrons. The van der Waals surface area contributed by atoms with Gasteiger partial charge >= 0.3 is 0 Å². The molecule has 0 aliphatic carbocycles. The van der Waals surface area contributed by atoms with Gasteiger partial charge in [-0.15, -0.1) is 11.3 Å². The Kier molecular flexibility index (Phi) is 1.88. The van der Waals surface area contributed by atoms with E-state index < -0.39 is 10.9 Å². The highest BCUT2D eigenvalue weighted by molar-refractivity contribution is 7.10. The monoisotopic (exact) mass is 189 g/mol. The molecule has 2 rings (SSSR count). The van der Waals surface area contributed by atoms with Crippen molar-refractivity contribution in [2.24, 2.45) is 0 Å². The molecule has 0 saturated heterocycles. The Balaban J connectivity index is 2.54. The number of hydrogen-bond acceptors (Lipinski definition) is 2. The molecule has 1 nitrogen and oxygen atoms in total. The highest BCUT2D eigenvalue weighted by Crippen LogP contribution is 2.33. The van der Waals surface area contributed by atoms with Gasteiger partial charge in [-0.25, -0.2) is 4.39 Å². The molecule has 0 bridgehead atoms. The third kappa shape index (κ3) is 1.06. The van der Waals surface area contributed by atoms with Crippen molar-refractivity contribution < 1.29 is 8.78 Å². The fourth-order valence-corrected chi connectivity index (χ4v) is 2.55. The SMILES string of the molecule is CC1NCCc2sc(F)c(F)c21. The molecule has 1 atom stereocenters. The van der Waals surface area contributed by atoms with Crippen molar-refractivity contribution in [3.63, 3.8) is 0 Å². The Morgan fingerprint density at radius 1 is 1.50 bits per heavy atom. The first kappa shape index (κ1) is 8.13. The quantitative estimate of drug-likeness (QED) is 0.660. The Labute approximate surface area is 73.4 Å². The molecular formula is C8H9F2NS. The fourth-order valence-electron chi connectivity index (χ4n) is 1.56. The molecule has 4 heteroatoms. The van der Waals surface area contributed by atoms with Crippen LogP contribution in [-0.4, -0.2) is 6.54 Å². The molecule has 0 amide bonds. The molecule has 0 spiro atoms. The summed E-state index contributed by atoms with van der Waals surface area (Å²) < 4.78 is 25.9. The second kappa shape index (κ2) is 2.78. The minimum absolute atomic E-state index is 0.0468. The molecule has 0 saturated carbocycles. The van der Waals surface area contributed by atoms with Crippen LogP contribution in [0.5, 0.6) is 0 Å². The van der Waals surface area contributed by atoms with E-state index in [2.05, 4.69) is 5.32 Å². The maximum Gasteiger partial charge on any atom is 0.212 e. The summed E-state index contributed by atoms with van der Waals surface area (Å²) in [5.41, 5.74) is 0.531. The molecule has 1 N–H and O–H groups in total. The Bertz CT molecular complexity index is 308. The molecule has 1 aliphatic rings. The van der Waals surface area contributed by atoms with Crippen molar-refractivity contribution in [3.05, 3.63) is 21.4 Å². The number of hydrogen-bond donors (Lipinski definition) is 1. The molecule has 0 aromatic carbocycles. The van der Waals surface area contributed by atoms with Crippen LogP contribution >= 0.6 is 11.3 Å². The van der Waals surface area contributed by atoms with E-state index in [4.69, 9.17) is 0 Å². The van der Waals surface area contributed by atoms with E-state index in [0.717, 1.165) is 29.2 Å². The number of thiophene rings is 1. The summed E-state index contributed by atoms with van der Waals surface area (Å²) in [6.45, 7) is 2.67. The average Bonchev–Trinajstić information content (AvgIpc) is 2.29. The molecule has 1 aliphatic heterocycles. The van der Waals surface area contributed by atoms with Gasteiger partial charge in [-0.05, 0) is 13.3 Å². The number of halogens is 2. The van der Waals surface area contributed by atoms with Gasteiger partial charge in [0.1, 0.15) is 0 Å². The lowest BCUT2D eigenvalue weighted by Gasteiger charge is -2.19. The lowest BCUT2D eigenvalue weighted by Crippen LogP contribution is -2.27. The van der Waals surface area contributed by atoms with Crippen molar-refractivity contribution in [1.29, 1.82) is 0 Å². The summed E-state index contributed by atoms with van der Waals surface area (Å²) in [4.78, 5) is 0.858. The summed E-state index contributed by atoms with van der Waals surface area (Å²) in [6, 6.07) is -0.0468. The molecule has 1 aromatic heterocycles. The van der Waals surface area contributed by atoms with Gasteiger partial charge in [0.05, 0.1) is 0 Å². The molecular weight excluding hydrogens is 180 g/mol. The van der Waals surface area contributed by atoms with Crippen LogP contribution in [0.3, 0.4) is 0 Å². The summed E-state index contributed by atoms with van der Waals surface area (Å²) >= 11 is 0.939. The zero-order valence-corrected chi connectivity index (χ0v) is 7.47. The van der Waals surface area contributed by atoms with Gasteiger partial charge in [-0.2, -0.15) is 4.39 Å². The van der Waals surface area contributed by atoms with Gasteiger partial charge in [-0.1, -0.05) is 0 Å². The third-order valence-electron chi connectivity index (χ3n) is 2.16. The molecule has 2 heterocycles. The maximum atomic E-state index is 13.1. The Morgan fingerprint density at radius 2 is 2.25 bits per heavy atom. The van der Waals surface area contributed by atoms with Gasteiger partial charge in [0, 0.05) is 23.0 Å². The Hall–Kier alpha value is -0.480. The number of fused-ring (bicyclic) bond motifs is 1. The van der Waals surface area contributed by atoms with Crippen LogP contribution in [-0.2, 0) is 6.42 Å². The minimum atomic E-state index is -0.671. The first-order chi connectivity index (χ1) is 5.70. The predicted octanol–water partition coefficient (Wildman–Crippen LogP) is 2.23. The maximum absolute atomic E-state index is 13.1. The first-order valence-corrected chi connectivity index (χ1v) is 4.71. The number of rotatable bonds is 0. The zero-order chi connectivity index (χ0) is 8.72. The van der Waals surface area contributed by atoms with E-state index in [1.54, 1.807) is 0 Å². The van der Waals surface area contributed by atoms with Crippen LogP contribution < -0.4 is 5.32 Å². The van der Waals surface area contributed by atoms with E-state index >= 15 is 0 Å². The standard InChI is InChI=1S/C8H9F2NS/c1-4-6-5(2-3-11-4)12-8(10)7(6)9/h4,11H,2-3H2,1H3. The van der Waals surface area contributed by atoms with Crippen molar-refractivity contribution in [2.45, 2.75) is 19.4 Å². The van der Waals surface area contributed by atoms with Gasteiger partial charge in [0.15, 0.2) is 5.82 Å². The van der Waals surface area contributed by atoms with E-state index in [1.807, 2.05) is 6.92 Å². The van der Waals surface area contributed by atoms with Crippen LogP contribution in [0.4, 0.5) is 8.78 Å². The van der Waals surface area contributed by atoms with E-state index in [0.29, 0.717) is 5.56 Å². The molecule has 12 heavy (non-hydrogen) atoms. The summed E-state index contributed by atoms with van der Waals surface area (Å²) in [6.07, 6.45) is 0.741. The van der Waals surface area contributed by atoms with Gasteiger partial charge in [0.25, 0.3) is 0 Å². The van der Waals surface area contributed by atoms with E-state index in [9.17, 15) is 8.78 Å². The third-order valence-corrected chi connectivity index (χ3v) is 3.19. The smallest absolute Gasteiger partial charge is 0.212 e. The number of nitrogens with one attached hydrogen (secondary N) is 1. The molecule has 0 fully saturated rings. The minimum Gasteiger partial charge on any atom is -0.310 e. The van der Waals surface area contributed by atoms with Crippen LogP contribution in [0.1, 0.15) is 23.4 Å². The van der Waals surface area contributed by atoms with Crippen molar-refractivity contribution >= 4 is 11.3 Å². The fraction of sp³-hybridized carbons (Fsp3) is 0.500. The molecule has 0 radical (unpaired) electrons. The van der Waals surface area contributed by atoms with Crippen molar-refractivity contribution in [2.75, 3.05) is 6.54 Å². The van der Waals surface area contributed by atoms with Gasteiger partial charge in [-0.3, -0.25) is 0 Å².